The van der Waals surface area contributed by atoms with Crippen LogP contribution < -0.4 is 15.0 Å². The zero-order chi connectivity index (χ0) is 16.2. The van der Waals surface area contributed by atoms with Crippen LogP contribution in [0.25, 0.3) is 0 Å². The van der Waals surface area contributed by atoms with Crippen molar-refractivity contribution in [2.24, 2.45) is 0 Å². The third kappa shape index (κ3) is 3.58. The van der Waals surface area contributed by atoms with Gasteiger partial charge in [0.15, 0.2) is 0 Å². The number of rotatable bonds is 4. The Hall–Kier alpha value is -2.49. The molecule has 0 atom stereocenters. The predicted molar refractivity (Wildman–Crippen MR) is 89.4 cm³/mol. The normalized spacial score (nSPS) is 10.9. The van der Waals surface area contributed by atoms with E-state index in [1.54, 1.807) is 19.1 Å². The SMILES string of the molecule is COc1cccc(C(C)(C)NC(=O)N(C)c2ccccc2)c1. The quantitative estimate of drug-likeness (QED) is 0.933. The van der Waals surface area contributed by atoms with Crippen LogP contribution in [0.4, 0.5) is 10.5 Å². The second-order valence-electron chi connectivity index (χ2n) is 5.68. The predicted octanol–water partition coefficient (Wildman–Crippen LogP) is 3.78. The van der Waals surface area contributed by atoms with Crippen molar-refractivity contribution < 1.29 is 9.53 Å². The summed E-state index contributed by atoms with van der Waals surface area (Å²) in [4.78, 5) is 14.1. The summed E-state index contributed by atoms with van der Waals surface area (Å²) in [7, 11) is 3.39. The van der Waals surface area contributed by atoms with Gasteiger partial charge in [0.1, 0.15) is 5.75 Å². The number of carbonyl (C=O) groups is 1. The number of urea groups is 1. The van der Waals surface area contributed by atoms with E-state index in [9.17, 15) is 4.79 Å². The molecule has 2 aromatic rings. The van der Waals surface area contributed by atoms with Gasteiger partial charge in [-0.15, -0.1) is 0 Å². The van der Waals surface area contributed by atoms with Crippen LogP contribution >= 0.6 is 0 Å². The zero-order valence-electron chi connectivity index (χ0n) is 13.5. The van der Waals surface area contributed by atoms with Crippen molar-refractivity contribution in [2.45, 2.75) is 19.4 Å². The monoisotopic (exact) mass is 298 g/mol. The highest BCUT2D eigenvalue weighted by atomic mass is 16.5. The molecule has 0 aliphatic heterocycles. The number of nitrogens with one attached hydrogen (secondary N) is 1. The summed E-state index contributed by atoms with van der Waals surface area (Å²) in [5.74, 6) is 0.774. The number of hydrogen-bond acceptors (Lipinski definition) is 2. The van der Waals surface area contributed by atoms with E-state index in [-0.39, 0.29) is 6.03 Å². The highest BCUT2D eigenvalue weighted by Crippen LogP contribution is 2.24. The minimum Gasteiger partial charge on any atom is -0.497 e. The van der Waals surface area contributed by atoms with Gasteiger partial charge in [0.05, 0.1) is 12.6 Å². The number of carbonyl (C=O) groups excluding carboxylic acids is 1. The summed E-state index contributed by atoms with van der Waals surface area (Å²) in [6.45, 7) is 3.94. The summed E-state index contributed by atoms with van der Waals surface area (Å²) >= 11 is 0. The first kappa shape index (κ1) is 15.9. The topological polar surface area (TPSA) is 41.6 Å². The van der Waals surface area contributed by atoms with Gasteiger partial charge in [-0.3, -0.25) is 4.90 Å². The molecule has 0 aliphatic carbocycles. The molecule has 116 valence electrons. The van der Waals surface area contributed by atoms with Crippen molar-refractivity contribution in [2.75, 3.05) is 19.1 Å². The minimum absolute atomic E-state index is 0.154. The Bertz CT molecular complexity index is 639. The Morgan fingerprint density at radius 2 is 1.77 bits per heavy atom. The highest BCUT2D eigenvalue weighted by Gasteiger charge is 2.25. The van der Waals surface area contributed by atoms with E-state index >= 15 is 0 Å². The average molecular weight is 298 g/mol. The van der Waals surface area contributed by atoms with Crippen LogP contribution in [0.3, 0.4) is 0 Å². The molecule has 2 rings (SSSR count). The summed E-state index contributed by atoms with van der Waals surface area (Å²) in [5.41, 5.74) is 1.33. The number of ether oxygens (including phenoxy) is 1. The molecule has 0 spiro atoms. The zero-order valence-corrected chi connectivity index (χ0v) is 13.5. The van der Waals surface area contributed by atoms with Crippen LogP contribution in [0.5, 0.6) is 5.75 Å². The number of methoxy groups -OCH3 is 1. The van der Waals surface area contributed by atoms with Gasteiger partial charge < -0.3 is 10.1 Å². The molecule has 0 heterocycles. The Kier molecular flexibility index (Phi) is 4.71. The Morgan fingerprint density at radius 3 is 2.41 bits per heavy atom. The fraction of sp³-hybridized carbons (Fsp3) is 0.278. The molecule has 4 nitrogen and oxygen atoms in total. The van der Waals surface area contributed by atoms with E-state index in [2.05, 4.69) is 5.32 Å². The van der Waals surface area contributed by atoms with E-state index in [0.29, 0.717) is 0 Å². The molecular formula is C18H22N2O2. The van der Waals surface area contributed by atoms with Crippen molar-refractivity contribution in [1.29, 1.82) is 0 Å². The number of para-hydroxylation sites is 1. The summed E-state index contributed by atoms with van der Waals surface area (Å²) < 4.78 is 5.25. The first-order valence-corrected chi connectivity index (χ1v) is 7.19. The van der Waals surface area contributed by atoms with Gasteiger partial charge in [0.25, 0.3) is 0 Å². The van der Waals surface area contributed by atoms with Gasteiger partial charge >= 0.3 is 6.03 Å². The van der Waals surface area contributed by atoms with Gasteiger partial charge in [-0.2, -0.15) is 0 Å². The molecule has 0 aromatic heterocycles. The second kappa shape index (κ2) is 6.52. The standard InChI is InChI=1S/C18H22N2O2/c1-18(2,14-9-8-12-16(13-14)22-4)19-17(21)20(3)15-10-6-5-7-11-15/h5-13H,1-4H3,(H,19,21). The number of nitrogens with zero attached hydrogens (tertiary/aromatic N) is 1. The molecule has 0 saturated carbocycles. The molecule has 22 heavy (non-hydrogen) atoms. The molecule has 0 radical (unpaired) electrons. The first-order chi connectivity index (χ1) is 10.4. The third-order valence-corrected chi connectivity index (χ3v) is 3.66. The summed E-state index contributed by atoms with van der Waals surface area (Å²) in [6, 6.07) is 17.1. The van der Waals surface area contributed by atoms with E-state index in [1.807, 2.05) is 68.4 Å². The maximum atomic E-state index is 12.5. The molecule has 4 heteroatoms. The van der Waals surface area contributed by atoms with Crippen molar-refractivity contribution in [1.82, 2.24) is 5.32 Å². The van der Waals surface area contributed by atoms with Gasteiger partial charge in [-0.1, -0.05) is 30.3 Å². The maximum absolute atomic E-state index is 12.5. The van der Waals surface area contributed by atoms with Crippen LogP contribution in [-0.4, -0.2) is 20.2 Å². The Balaban J connectivity index is 2.15. The molecule has 0 aliphatic rings. The lowest BCUT2D eigenvalue weighted by molar-refractivity contribution is 0.237. The molecule has 1 N–H and O–H groups in total. The van der Waals surface area contributed by atoms with Crippen LogP contribution in [0, 0.1) is 0 Å². The van der Waals surface area contributed by atoms with Crippen LogP contribution in [0.1, 0.15) is 19.4 Å². The highest BCUT2D eigenvalue weighted by molar-refractivity contribution is 5.91. The summed E-state index contributed by atoms with van der Waals surface area (Å²) in [6.07, 6.45) is 0. The smallest absolute Gasteiger partial charge is 0.322 e. The maximum Gasteiger partial charge on any atom is 0.322 e. The van der Waals surface area contributed by atoms with E-state index in [0.717, 1.165) is 17.0 Å². The van der Waals surface area contributed by atoms with Crippen molar-refractivity contribution in [3.63, 3.8) is 0 Å². The molecule has 2 amide bonds. The van der Waals surface area contributed by atoms with E-state index < -0.39 is 5.54 Å². The summed E-state index contributed by atoms with van der Waals surface area (Å²) in [5, 5.41) is 3.05. The number of benzene rings is 2. The van der Waals surface area contributed by atoms with Crippen LogP contribution in [0.2, 0.25) is 0 Å². The second-order valence-corrected chi connectivity index (χ2v) is 5.68. The van der Waals surface area contributed by atoms with Gasteiger partial charge in [0.2, 0.25) is 0 Å². The van der Waals surface area contributed by atoms with E-state index in [1.165, 1.54) is 0 Å². The molecular weight excluding hydrogens is 276 g/mol. The number of anilines is 1. The minimum atomic E-state index is -0.505. The largest absolute Gasteiger partial charge is 0.497 e. The Labute approximate surface area is 131 Å². The van der Waals surface area contributed by atoms with Crippen molar-refractivity contribution in [3.05, 3.63) is 60.2 Å². The molecule has 0 unspecified atom stereocenters. The Morgan fingerprint density at radius 1 is 1.09 bits per heavy atom. The van der Waals surface area contributed by atoms with Crippen molar-refractivity contribution in [3.8, 4) is 5.75 Å². The molecule has 0 bridgehead atoms. The first-order valence-electron chi connectivity index (χ1n) is 7.19. The van der Waals surface area contributed by atoms with Crippen LogP contribution in [-0.2, 0) is 5.54 Å². The number of amides is 2. The van der Waals surface area contributed by atoms with Crippen molar-refractivity contribution >= 4 is 11.7 Å². The molecule has 0 saturated heterocycles. The third-order valence-electron chi connectivity index (χ3n) is 3.66. The van der Waals surface area contributed by atoms with Gasteiger partial charge in [-0.05, 0) is 43.7 Å². The van der Waals surface area contributed by atoms with Gasteiger partial charge in [0, 0.05) is 12.7 Å². The fourth-order valence-electron chi connectivity index (χ4n) is 2.20. The molecule has 0 fully saturated rings. The van der Waals surface area contributed by atoms with Gasteiger partial charge in [-0.25, -0.2) is 4.79 Å². The fourth-order valence-corrected chi connectivity index (χ4v) is 2.20. The van der Waals surface area contributed by atoms with Crippen LogP contribution in [0.15, 0.2) is 54.6 Å². The lowest BCUT2D eigenvalue weighted by Crippen LogP contribution is -2.47. The lowest BCUT2D eigenvalue weighted by Gasteiger charge is -2.30. The van der Waals surface area contributed by atoms with E-state index in [4.69, 9.17) is 4.74 Å². The average Bonchev–Trinajstić information content (AvgIpc) is 2.54. The number of hydrogen-bond donors (Lipinski definition) is 1. The molecule has 2 aromatic carbocycles. The lowest BCUT2D eigenvalue weighted by atomic mass is 9.94.